The van der Waals surface area contributed by atoms with Crippen LogP contribution in [0, 0.1) is 12.8 Å². The SMILES string of the molecule is CCOc1cccc(CN2CCC(C(=O)NCCSCc3cccc(C)c3)CC2)c1. The third kappa shape index (κ3) is 7.37. The molecular weight excluding hydrogens is 392 g/mol. The molecule has 0 bridgehead atoms. The number of thioether (sulfide) groups is 1. The molecule has 1 N–H and O–H groups in total. The van der Waals surface area contributed by atoms with Crippen LogP contribution in [-0.2, 0) is 17.1 Å². The van der Waals surface area contributed by atoms with Crippen molar-refractivity contribution in [1.82, 2.24) is 10.2 Å². The van der Waals surface area contributed by atoms with Crippen LogP contribution in [0.3, 0.4) is 0 Å². The maximum absolute atomic E-state index is 12.5. The quantitative estimate of drug-likeness (QED) is 0.561. The van der Waals surface area contributed by atoms with Gasteiger partial charge in [0.25, 0.3) is 0 Å². The Bertz CT molecular complexity index is 803. The molecule has 2 aromatic carbocycles. The molecule has 0 saturated carbocycles. The van der Waals surface area contributed by atoms with Gasteiger partial charge in [-0.25, -0.2) is 0 Å². The first-order valence-corrected chi connectivity index (χ1v) is 12.1. The Labute approximate surface area is 185 Å². The van der Waals surface area contributed by atoms with Crippen LogP contribution in [-0.4, -0.2) is 42.8 Å². The molecule has 1 aliphatic rings. The van der Waals surface area contributed by atoms with Gasteiger partial charge in [0.05, 0.1) is 6.61 Å². The molecule has 1 fully saturated rings. The largest absolute Gasteiger partial charge is 0.494 e. The number of piperidine rings is 1. The van der Waals surface area contributed by atoms with Gasteiger partial charge in [-0.2, -0.15) is 11.8 Å². The summed E-state index contributed by atoms with van der Waals surface area (Å²) in [6.45, 7) is 8.43. The lowest BCUT2D eigenvalue weighted by molar-refractivity contribution is -0.126. The Morgan fingerprint density at radius 3 is 2.67 bits per heavy atom. The number of aryl methyl sites for hydroxylation is 1. The fraction of sp³-hybridized carbons (Fsp3) is 0.480. The first-order valence-electron chi connectivity index (χ1n) is 11.0. The summed E-state index contributed by atoms with van der Waals surface area (Å²) >= 11 is 1.88. The number of hydrogen-bond donors (Lipinski definition) is 1. The Balaban J connectivity index is 1.31. The van der Waals surface area contributed by atoms with Gasteiger partial charge in [0, 0.05) is 30.5 Å². The molecule has 2 aromatic rings. The van der Waals surface area contributed by atoms with Crippen LogP contribution in [0.1, 0.15) is 36.5 Å². The van der Waals surface area contributed by atoms with Crippen molar-refractivity contribution in [2.24, 2.45) is 5.92 Å². The summed E-state index contributed by atoms with van der Waals surface area (Å²) < 4.78 is 5.60. The third-order valence-electron chi connectivity index (χ3n) is 5.47. The first-order chi connectivity index (χ1) is 14.6. The van der Waals surface area contributed by atoms with Crippen LogP contribution in [0.5, 0.6) is 5.75 Å². The van der Waals surface area contributed by atoms with Gasteiger partial charge in [-0.3, -0.25) is 9.69 Å². The van der Waals surface area contributed by atoms with Gasteiger partial charge in [0.2, 0.25) is 5.91 Å². The summed E-state index contributed by atoms with van der Waals surface area (Å²) in [5.74, 6) is 3.27. The molecule has 4 nitrogen and oxygen atoms in total. The Morgan fingerprint density at radius 1 is 1.13 bits per heavy atom. The van der Waals surface area contributed by atoms with E-state index in [1.54, 1.807) is 0 Å². The van der Waals surface area contributed by atoms with Gasteiger partial charge in [-0.15, -0.1) is 0 Å². The third-order valence-corrected chi connectivity index (χ3v) is 6.50. The van der Waals surface area contributed by atoms with Gasteiger partial charge in [-0.1, -0.05) is 42.0 Å². The summed E-state index contributed by atoms with van der Waals surface area (Å²) in [4.78, 5) is 14.9. The lowest BCUT2D eigenvalue weighted by atomic mass is 9.95. The molecule has 0 radical (unpaired) electrons. The molecule has 5 heteroatoms. The Morgan fingerprint density at radius 2 is 1.90 bits per heavy atom. The molecule has 0 spiro atoms. The van der Waals surface area contributed by atoms with Crippen LogP contribution < -0.4 is 10.1 Å². The number of benzene rings is 2. The average Bonchev–Trinajstić information content (AvgIpc) is 2.74. The van der Waals surface area contributed by atoms with E-state index in [2.05, 4.69) is 59.6 Å². The van der Waals surface area contributed by atoms with Gasteiger partial charge < -0.3 is 10.1 Å². The van der Waals surface area contributed by atoms with Crippen molar-refractivity contribution in [3.63, 3.8) is 0 Å². The molecule has 0 aliphatic carbocycles. The molecule has 1 heterocycles. The molecule has 30 heavy (non-hydrogen) atoms. The van der Waals surface area contributed by atoms with Crippen molar-refractivity contribution in [1.29, 1.82) is 0 Å². The average molecular weight is 427 g/mol. The highest BCUT2D eigenvalue weighted by molar-refractivity contribution is 7.98. The number of carbonyl (C=O) groups is 1. The van der Waals surface area contributed by atoms with Crippen molar-refractivity contribution in [3.8, 4) is 5.75 Å². The molecule has 1 amide bonds. The van der Waals surface area contributed by atoms with Crippen molar-refractivity contribution < 1.29 is 9.53 Å². The predicted molar refractivity (Wildman–Crippen MR) is 126 cm³/mol. The number of likely N-dealkylation sites (tertiary alicyclic amines) is 1. The predicted octanol–water partition coefficient (Wildman–Crippen LogP) is 4.66. The second-order valence-corrected chi connectivity index (χ2v) is 9.07. The molecule has 0 atom stereocenters. The summed E-state index contributed by atoms with van der Waals surface area (Å²) in [6, 6.07) is 16.9. The van der Waals surface area contributed by atoms with Crippen LogP contribution in [0.15, 0.2) is 48.5 Å². The fourth-order valence-electron chi connectivity index (χ4n) is 3.89. The number of rotatable bonds is 10. The standard InChI is InChI=1S/C25H34N2O2S/c1-3-29-24-9-5-7-21(17-24)18-27-13-10-23(11-14-27)25(28)26-12-15-30-19-22-8-4-6-20(2)16-22/h4-9,16-17,23H,3,10-15,18-19H2,1-2H3,(H,26,28). The van der Waals surface area contributed by atoms with E-state index in [0.717, 1.165) is 56.3 Å². The minimum Gasteiger partial charge on any atom is -0.494 e. The van der Waals surface area contributed by atoms with E-state index >= 15 is 0 Å². The highest BCUT2D eigenvalue weighted by Crippen LogP contribution is 2.21. The van der Waals surface area contributed by atoms with Gasteiger partial charge in [0.15, 0.2) is 0 Å². The zero-order valence-corrected chi connectivity index (χ0v) is 19.0. The molecule has 3 rings (SSSR count). The van der Waals surface area contributed by atoms with E-state index in [1.807, 2.05) is 24.8 Å². The highest BCUT2D eigenvalue weighted by atomic mass is 32.2. The monoisotopic (exact) mass is 426 g/mol. The Kier molecular flexibility index (Phi) is 9.09. The zero-order valence-electron chi connectivity index (χ0n) is 18.2. The van der Waals surface area contributed by atoms with Crippen molar-refractivity contribution in [3.05, 3.63) is 65.2 Å². The summed E-state index contributed by atoms with van der Waals surface area (Å²) in [6.07, 6.45) is 1.88. The molecule has 162 valence electrons. The normalized spacial score (nSPS) is 15.1. The molecular formula is C25H34N2O2S. The number of nitrogens with one attached hydrogen (secondary N) is 1. The second kappa shape index (κ2) is 12.0. The minimum atomic E-state index is 0.151. The van der Waals surface area contributed by atoms with E-state index in [9.17, 15) is 4.79 Å². The Hall–Kier alpha value is -1.98. The summed E-state index contributed by atoms with van der Waals surface area (Å²) in [5, 5.41) is 3.14. The molecule has 0 aromatic heterocycles. The van der Waals surface area contributed by atoms with Crippen molar-refractivity contribution >= 4 is 17.7 Å². The molecule has 1 aliphatic heterocycles. The maximum atomic E-state index is 12.5. The van der Waals surface area contributed by atoms with E-state index in [0.29, 0.717) is 6.61 Å². The summed E-state index contributed by atoms with van der Waals surface area (Å²) in [5.41, 5.74) is 3.93. The smallest absolute Gasteiger partial charge is 0.223 e. The number of amides is 1. The number of nitrogens with zero attached hydrogens (tertiary/aromatic N) is 1. The number of ether oxygens (including phenoxy) is 1. The van der Waals surface area contributed by atoms with Crippen LogP contribution in [0.4, 0.5) is 0 Å². The zero-order chi connectivity index (χ0) is 21.2. The fourth-order valence-corrected chi connectivity index (χ4v) is 4.70. The van der Waals surface area contributed by atoms with Crippen molar-refractivity contribution in [2.75, 3.05) is 32.0 Å². The second-order valence-electron chi connectivity index (χ2n) is 7.96. The van der Waals surface area contributed by atoms with Gasteiger partial charge in [0.1, 0.15) is 5.75 Å². The number of carbonyl (C=O) groups excluding carboxylic acids is 1. The molecule has 0 unspecified atom stereocenters. The van der Waals surface area contributed by atoms with Crippen LogP contribution in [0.25, 0.3) is 0 Å². The summed E-state index contributed by atoms with van der Waals surface area (Å²) in [7, 11) is 0. The van der Waals surface area contributed by atoms with E-state index in [1.165, 1.54) is 16.7 Å². The lowest BCUT2D eigenvalue weighted by Gasteiger charge is -2.31. The topological polar surface area (TPSA) is 41.6 Å². The van der Waals surface area contributed by atoms with Crippen LogP contribution >= 0.6 is 11.8 Å². The number of hydrogen-bond acceptors (Lipinski definition) is 4. The highest BCUT2D eigenvalue weighted by Gasteiger charge is 2.24. The lowest BCUT2D eigenvalue weighted by Crippen LogP contribution is -2.40. The van der Waals surface area contributed by atoms with E-state index < -0.39 is 0 Å². The van der Waals surface area contributed by atoms with Gasteiger partial charge >= 0.3 is 0 Å². The van der Waals surface area contributed by atoms with E-state index in [-0.39, 0.29) is 11.8 Å². The molecule has 1 saturated heterocycles. The van der Waals surface area contributed by atoms with Crippen LogP contribution in [0.2, 0.25) is 0 Å². The first kappa shape index (κ1) is 22.7. The van der Waals surface area contributed by atoms with Crippen molar-refractivity contribution in [2.45, 2.75) is 39.0 Å². The van der Waals surface area contributed by atoms with E-state index in [4.69, 9.17) is 4.74 Å². The van der Waals surface area contributed by atoms with Gasteiger partial charge in [-0.05, 0) is 63.0 Å². The minimum absolute atomic E-state index is 0.151. The maximum Gasteiger partial charge on any atom is 0.223 e.